The molecule has 0 fully saturated rings. The number of nitrogens with one attached hydrogen (secondary N) is 1. The summed E-state index contributed by atoms with van der Waals surface area (Å²) in [4.78, 5) is 0. The molecule has 0 spiro atoms. The fourth-order valence-electron chi connectivity index (χ4n) is 2.16. The van der Waals surface area contributed by atoms with Crippen molar-refractivity contribution in [2.24, 2.45) is 0 Å². The van der Waals surface area contributed by atoms with E-state index in [1.807, 2.05) is 7.05 Å². The maximum Gasteiger partial charge on any atom is 0.0369 e. The van der Waals surface area contributed by atoms with Crippen molar-refractivity contribution in [3.8, 4) is 0 Å². The van der Waals surface area contributed by atoms with Gasteiger partial charge >= 0.3 is 0 Å². The highest BCUT2D eigenvalue weighted by Gasteiger charge is 2.13. The van der Waals surface area contributed by atoms with Crippen LogP contribution < -0.4 is 5.32 Å². The molecule has 2 heteroatoms. The largest absolute Gasteiger partial charge is 0.313 e. The second-order valence-corrected chi connectivity index (χ2v) is 5.30. The predicted octanol–water partition coefficient (Wildman–Crippen LogP) is 4.26. The molecule has 2 aromatic carbocycles. The molecule has 1 N–H and O–H groups in total. The smallest absolute Gasteiger partial charge is 0.0369 e. The van der Waals surface area contributed by atoms with Gasteiger partial charge in [-0.25, -0.2) is 0 Å². The van der Waals surface area contributed by atoms with Crippen molar-refractivity contribution < 1.29 is 0 Å². The van der Waals surface area contributed by atoms with E-state index in [4.69, 9.17) is 0 Å². The third-order valence-corrected chi connectivity index (χ3v) is 4.31. The molecule has 1 atom stereocenters. The van der Waals surface area contributed by atoms with Crippen molar-refractivity contribution in [1.82, 2.24) is 5.32 Å². The number of hydrogen-bond acceptors (Lipinski definition) is 1. The van der Waals surface area contributed by atoms with Crippen molar-refractivity contribution in [3.05, 3.63) is 69.7 Å². The summed E-state index contributed by atoms with van der Waals surface area (Å²) in [5, 5.41) is 3.40. The Morgan fingerprint density at radius 1 is 1.06 bits per heavy atom. The highest BCUT2D eigenvalue weighted by Crippen LogP contribution is 2.28. The van der Waals surface area contributed by atoms with E-state index in [0.717, 1.165) is 6.42 Å². The molecule has 0 bridgehead atoms. The van der Waals surface area contributed by atoms with Gasteiger partial charge in [0, 0.05) is 10.5 Å². The van der Waals surface area contributed by atoms with Crippen molar-refractivity contribution >= 4 is 15.9 Å². The summed E-state index contributed by atoms with van der Waals surface area (Å²) in [5.41, 5.74) is 3.95. The summed E-state index contributed by atoms with van der Waals surface area (Å²) in [6.45, 7) is 2.13. The molecule has 94 valence electrons. The summed E-state index contributed by atoms with van der Waals surface area (Å²) in [7, 11) is 2.02. The van der Waals surface area contributed by atoms with Crippen LogP contribution >= 0.6 is 15.9 Å². The van der Waals surface area contributed by atoms with Gasteiger partial charge in [-0.2, -0.15) is 0 Å². The topological polar surface area (TPSA) is 12.0 Å². The van der Waals surface area contributed by atoms with Gasteiger partial charge in [0.25, 0.3) is 0 Å². The van der Waals surface area contributed by atoms with Crippen molar-refractivity contribution in [1.29, 1.82) is 0 Å². The van der Waals surface area contributed by atoms with Crippen molar-refractivity contribution in [2.75, 3.05) is 7.05 Å². The Morgan fingerprint density at radius 3 is 2.44 bits per heavy atom. The minimum atomic E-state index is 0.335. The molecule has 0 amide bonds. The molecule has 0 heterocycles. The average molecular weight is 304 g/mol. The van der Waals surface area contributed by atoms with Crippen molar-refractivity contribution in [3.63, 3.8) is 0 Å². The van der Waals surface area contributed by atoms with Gasteiger partial charge in [0.1, 0.15) is 0 Å². The maximum atomic E-state index is 3.69. The minimum absolute atomic E-state index is 0.335. The Balaban J connectivity index is 2.26. The lowest BCUT2D eigenvalue weighted by Crippen LogP contribution is -2.19. The van der Waals surface area contributed by atoms with E-state index >= 15 is 0 Å². The number of aryl methyl sites for hydroxylation is 1. The Labute approximate surface area is 117 Å². The second-order valence-electron chi connectivity index (χ2n) is 4.51. The molecule has 2 rings (SSSR count). The van der Waals surface area contributed by atoms with Gasteiger partial charge in [0.05, 0.1) is 0 Å². The van der Waals surface area contributed by atoms with Crippen LogP contribution in [0.4, 0.5) is 0 Å². The molecule has 1 nitrogen and oxygen atoms in total. The van der Waals surface area contributed by atoms with E-state index in [9.17, 15) is 0 Å². The quantitative estimate of drug-likeness (QED) is 0.890. The van der Waals surface area contributed by atoms with Gasteiger partial charge < -0.3 is 5.32 Å². The summed E-state index contributed by atoms with van der Waals surface area (Å²) >= 11 is 3.69. The first-order chi connectivity index (χ1) is 8.72. The molecule has 18 heavy (non-hydrogen) atoms. The SMILES string of the molecule is CNC(Cc1ccccc1)c1cccc(C)c1Br. The molecule has 0 aliphatic carbocycles. The number of benzene rings is 2. The molecular weight excluding hydrogens is 286 g/mol. The van der Waals surface area contributed by atoms with Crippen LogP contribution in [0.15, 0.2) is 53.0 Å². The van der Waals surface area contributed by atoms with Crippen LogP contribution in [0.5, 0.6) is 0 Å². The third-order valence-electron chi connectivity index (χ3n) is 3.23. The van der Waals surface area contributed by atoms with E-state index in [1.165, 1.54) is 21.2 Å². The number of hydrogen-bond donors (Lipinski definition) is 1. The van der Waals surface area contributed by atoms with Crippen LogP contribution in [-0.2, 0) is 6.42 Å². The Morgan fingerprint density at radius 2 is 1.78 bits per heavy atom. The zero-order valence-electron chi connectivity index (χ0n) is 10.8. The van der Waals surface area contributed by atoms with E-state index < -0.39 is 0 Å². The third kappa shape index (κ3) is 3.01. The number of halogens is 1. The lowest BCUT2D eigenvalue weighted by atomic mass is 9.98. The Kier molecular flexibility index (Phi) is 4.56. The number of rotatable bonds is 4. The molecule has 0 saturated carbocycles. The molecular formula is C16H18BrN. The van der Waals surface area contributed by atoms with E-state index in [2.05, 4.69) is 76.7 Å². The van der Waals surface area contributed by atoms with Gasteiger partial charge in [0.2, 0.25) is 0 Å². The summed E-state index contributed by atoms with van der Waals surface area (Å²) in [5.74, 6) is 0. The summed E-state index contributed by atoms with van der Waals surface area (Å²) < 4.78 is 1.21. The van der Waals surface area contributed by atoms with Gasteiger partial charge in [0.15, 0.2) is 0 Å². The standard InChI is InChI=1S/C16H18BrN/c1-12-7-6-10-14(16(12)17)15(18-2)11-13-8-4-3-5-9-13/h3-10,15,18H,11H2,1-2H3. The first kappa shape index (κ1) is 13.3. The van der Waals surface area contributed by atoms with Crippen molar-refractivity contribution in [2.45, 2.75) is 19.4 Å². The first-order valence-corrected chi connectivity index (χ1v) is 6.98. The van der Waals surface area contributed by atoms with Crippen LogP contribution in [0.2, 0.25) is 0 Å². The highest BCUT2D eigenvalue weighted by atomic mass is 79.9. The second kappa shape index (κ2) is 6.17. The summed E-state index contributed by atoms with van der Waals surface area (Å²) in [6, 6.07) is 17.3. The minimum Gasteiger partial charge on any atom is -0.313 e. The highest BCUT2D eigenvalue weighted by molar-refractivity contribution is 9.10. The molecule has 0 aliphatic rings. The predicted molar refractivity (Wildman–Crippen MR) is 80.8 cm³/mol. The molecule has 0 saturated heterocycles. The molecule has 1 unspecified atom stereocenters. The van der Waals surface area contributed by atoms with E-state index in [-0.39, 0.29) is 0 Å². The Bertz CT molecular complexity index is 508. The maximum absolute atomic E-state index is 3.69. The Hall–Kier alpha value is -1.12. The molecule has 0 radical (unpaired) electrons. The molecule has 2 aromatic rings. The van der Waals surface area contributed by atoms with Gasteiger partial charge in [-0.3, -0.25) is 0 Å². The normalized spacial score (nSPS) is 12.4. The van der Waals surface area contributed by atoms with Gasteiger partial charge in [-0.15, -0.1) is 0 Å². The monoisotopic (exact) mass is 303 g/mol. The lowest BCUT2D eigenvalue weighted by molar-refractivity contribution is 0.589. The van der Waals surface area contributed by atoms with Crippen LogP contribution in [0.3, 0.4) is 0 Å². The summed E-state index contributed by atoms with van der Waals surface area (Å²) in [6.07, 6.45) is 0.999. The fourth-order valence-corrected chi connectivity index (χ4v) is 2.70. The van der Waals surface area contributed by atoms with Crippen LogP contribution in [0, 0.1) is 6.92 Å². The average Bonchev–Trinajstić information content (AvgIpc) is 2.41. The zero-order chi connectivity index (χ0) is 13.0. The van der Waals surface area contributed by atoms with Crippen LogP contribution in [0.25, 0.3) is 0 Å². The van der Waals surface area contributed by atoms with Gasteiger partial charge in [-0.05, 0) is 37.1 Å². The first-order valence-electron chi connectivity index (χ1n) is 6.18. The molecule has 0 aromatic heterocycles. The van der Waals surface area contributed by atoms with Crippen LogP contribution in [-0.4, -0.2) is 7.05 Å². The van der Waals surface area contributed by atoms with E-state index in [0.29, 0.717) is 6.04 Å². The molecule has 0 aliphatic heterocycles. The lowest BCUT2D eigenvalue weighted by Gasteiger charge is -2.19. The van der Waals surface area contributed by atoms with E-state index in [1.54, 1.807) is 0 Å². The van der Waals surface area contributed by atoms with Crippen LogP contribution in [0.1, 0.15) is 22.7 Å². The fraction of sp³-hybridized carbons (Fsp3) is 0.250. The zero-order valence-corrected chi connectivity index (χ0v) is 12.4. The van der Waals surface area contributed by atoms with Gasteiger partial charge in [-0.1, -0.05) is 64.5 Å². The number of likely N-dealkylation sites (N-methyl/N-ethyl adjacent to an activating group) is 1.